The number of aromatic nitrogens is 2. The van der Waals surface area contributed by atoms with Crippen molar-refractivity contribution in [3.63, 3.8) is 0 Å². The first-order valence-corrected chi connectivity index (χ1v) is 8.11. The second-order valence-corrected chi connectivity index (χ2v) is 6.16. The van der Waals surface area contributed by atoms with Crippen molar-refractivity contribution in [2.45, 2.75) is 33.2 Å². The fraction of sp³-hybridized carbons (Fsp3) is 0.500. The fourth-order valence-electron chi connectivity index (χ4n) is 3.33. The van der Waals surface area contributed by atoms with Crippen LogP contribution < -0.4 is 9.58 Å². The highest BCUT2D eigenvalue weighted by atomic mass is 15.4. The van der Waals surface area contributed by atoms with Crippen LogP contribution in [0, 0.1) is 5.92 Å². The third-order valence-corrected chi connectivity index (χ3v) is 4.71. The molecule has 3 heteroatoms. The lowest BCUT2D eigenvalue weighted by Gasteiger charge is -2.25. The Morgan fingerprint density at radius 3 is 2.43 bits per heavy atom. The molecule has 1 aliphatic heterocycles. The maximum Gasteiger partial charge on any atom is 0.297 e. The van der Waals surface area contributed by atoms with Crippen LogP contribution in [0.15, 0.2) is 36.4 Å². The van der Waals surface area contributed by atoms with Crippen molar-refractivity contribution < 1.29 is 4.68 Å². The van der Waals surface area contributed by atoms with Crippen molar-refractivity contribution in [1.82, 2.24) is 4.68 Å². The molecule has 0 unspecified atom stereocenters. The highest BCUT2D eigenvalue weighted by molar-refractivity contribution is 5.62. The van der Waals surface area contributed by atoms with Gasteiger partial charge in [-0.2, -0.15) is 4.68 Å². The summed E-state index contributed by atoms with van der Waals surface area (Å²) in [5.74, 6) is 2.22. The van der Waals surface area contributed by atoms with E-state index in [1.54, 1.807) is 0 Å². The summed E-state index contributed by atoms with van der Waals surface area (Å²) < 4.78 is 4.68. The Balaban J connectivity index is 1.98. The summed E-state index contributed by atoms with van der Waals surface area (Å²) >= 11 is 0. The molecule has 2 heterocycles. The molecule has 2 aromatic rings. The smallest absolute Gasteiger partial charge is 0.260 e. The first kappa shape index (κ1) is 14.2. The first-order chi connectivity index (χ1) is 10.2. The van der Waals surface area contributed by atoms with Crippen molar-refractivity contribution >= 4 is 5.82 Å². The van der Waals surface area contributed by atoms with Gasteiger partial charge in [-0.1, -0.05) is 37.3 Å². The van der Waals surface area contributed by atoms with E-state index in [0.29, 0.717) is 0 Å². The minimum atomic E-state index is 0.869. The molecule has 1 aromatic carbocycles. The standard InChI is InChI=1S/C18H26N3/c1-4-21-17(16-8-6-5-7-9-16)14-18(19(21)3)20-12-10-15(2)11-13-20/h5-9,14-15H,4,10-13H2,1-3H3/q+1. The van der Waals surface area contributed by atoms with Crippen molar-refractivity contribution in [2.24, 2.45) is 13.0 Å². The molecule has 21 heavy (non-hydrogen) atoms. The van der Waals surface area contributed by atoms with Crippen molar-refractivity contribution in [2.75, 3.05) is 18.0 Å². The van der Waals surface area contributed by atoms with Gasteiger partial charge in [0.05, 0.1) is 31.4 Å². The molecule has 0 saturated carbocycles. The minimum absolute atomic E-state index is 0.869. The zero-order valence-electron chi connectivity index (χ0n) is 13.4. The van der Waals surface area contributed by atoms with Crippen LogP contribution in [0.2, 0.25) is 0 Å². The Morgan fingerprint density at radius 1 is 1.14 bits per heavy atom. The minimum Gasteiger partial charge on any atom is -0.260 e. The van der Waals surface area contributed by atoms with Gasteiger partial charge in [0, 0.05) is 5.56 Å². The van der Waals surface area contributed by atoms with E-state index in [4.69, 9.17) is 0 Å². The summed E-state index contributed by atoms with van der Waals surface area (Å²) in [5, 5.41) is 0. The largest absolute Gasteiger partial charge is 0.297 e. The number of nitrogens with zero attached hydrogens (tertiary/aromatic N) is 3. The Kier molecular flexibility index (Phi) is 4.00. The van der Waals surface area contributed by atoms with Gasteiger partial charge < -0.3 is 0 Å². The van der Waals surface area contributed by atoms with E-state index >= 15 is 0 Å². The van der Waals surface area contributed by atoms with Crippen molar-refractivity contribution in [3.05, 3.63) is 36.4 Å². The number of hydrogen-bond acceptors (Lipinski definition) is 1. The van der Waals surface area contributed by atoms with Gasteiger partial charge in [0.25, 0.3) is 5.82 Å². The molecule has 1 aromatic heterocycles. The van der Waals surface area contributed by atoms with E-state index < -0.39 is 0 Å². The lowest BCUT2D eigenvalue weighted by molar-refractivity contribution is -0.741. The van der Waals surface area contributed by atoms with Crippen molar-refractivity contribution in [1.29, 1.82) is 0 Å². The van der Waals surface area contributed by atoms with E-state index in [2.05, 4.69) is 71.6 Å². The Bertz CT molecular complexity index is 592. The van der Waals surface area contributed by atoms with Crippen molar-refractivity contribution in [3.8, 4) is 11.3 Å². The molecule has 0 N–H and O–H groups in total. The van der Waals surface area contributed by atoms with Crippen LogP contribution >= 0.6 is 0 Å². The normalized spacial score (nSPS) is 16.4. The molecular formula is C18H26N3+. The Labute approximate surface area is 127 Å². The number of piperidine rings is 1. The van der Waals surface area contributed by atoms with Crippen LogP contribution in [0.1, 0.15) is 26.7 Å². The summed E-state index contributed by atoms with van der Waals surface area (Å²) in [6, 6.07) is 13.1. The fourth-order valence-corrected chi connectivity index (χ4v) is 3.33. The van der Waals surface area contributed by atoms with Gasteiger partial charge in [-0.25, -0.2) is 4.68 Å². The monoisotopic (exact) mass is 284 g/mol. The topological polar surface area (TPSA) is 12.1 Å². The Morgan fingerprint density at radius 2 is 1.81 bits per heavy atom. The van der Waals surface area contributed by atoms with Crippen LogP contribution in [-0.4, -0.2) is 17.8 Å². The van der Waals surface area contributed by atoms with Gasteiger partial charge >= 0.3 is 0 Å². The molecule has 0 amide bonds. The summed E-state index contributed by atoms with van der Waals surface area (Å²) in [4.78, 5) is 2.54. The molecule has 0 atom stereocenters. The molecule has 1 fully saturated rings. The highest BCUT2D eigenvalue weighted by Crippen LogP contribution is 2.26. The van der Waals surface area contributed by atoms with E-state index in [1.807, 2.05) is 0 Å². The zero-order chi connectivity index (χ0) is 14.8. The average Bonchev–Trinajstić information content (AvgIpc) is 2.86. The van der Waals surface area contributed by atoms with E-state index in [-0.39, 0.29) is 0 Å². The maximum absolute atomic E-state index is 2.54. The van der Waals surface area contributed by atoms with E-state index in [9.17, 15) is 0 Å². The predicted octanol–water partition coefficient (Wildman–Crippen LogP) is 3.24. The predicted molar refractivity (Wildman–Crippen MR) is 87.3 cm³/mol. The van der Waals surface area contributed by atoms with E-state index in [0.717, 1.165) is 12.5 Å². The van der Waals surface area contributed by atoms with Gasteiger partial charge in [-0.3, -0.25) is 4.90 Å². The molecular weight excluding hydrogens is 258 g/mol. The number of benzene rings is 1. The van der Waals surface area contributed by atoms with Gasteiger partial charge in [0.1, 0.15) is 7.05 Å². The molecule has 1 aliphatic rings. The van der Waals surface area contributed by atoms with Crippen LogP contribution in [0.25, 0.3) is 11.3 Å². The number of hydrogen-bond donors (Lipinski definition) is 0. The summed E-state index contributed by atoms with van der Waals surface area (Å²) in [7, 11) is 2.18. The number of rotatable bonds is 3. The molecule has 3 rings (SSSR count). The second kappa shape index (κ2) is 5.92. The number of anilines is 1. The highest BCUT2D eigenvalue weighted by Gasteiger charge is 2.27. The van der Waals surface area contributed by atoms with Crippen LogP contribution in [0.4, 0.5) is 5.82 Å². The first-order valence-electron chi connectivity index (χ1n) is 8.11. The van der Waals surface area contributed by atoms with Crippen LogP contribution in [0.3, 0.4) is 0 Å². The molecule has 1 saturated heterocycles. The molecule has 0 radical (unpaired) electrons. The SMILES string of the molecule is CCn1c(-c2ccccc2)cc(N2CCC(C)CC2)[n+]1C. The molecule has 0 aliphatic carbocycles. The Hall–Kier alpha value is -1.77. The summed E-state index contributed by atoms with van der Waals surface area (Å²) in [6.45, 7) is 7.93. The quantitative estimate of drug-likeness (QED) is 0.788. The molecule has 112 valence electrons. The third kappa shape index (κ3) is 2.69. The third-order valence-electron chi connectivity index (χ3n) is 4.71. The van der Waals surface area contributed by atoms with Crippen LogP contribution in [-0.2, 0) is 13.6 Å². The van der Waals surface area contributed by atoms with Gasteiger partial charge in [-0.05, 0) is 25.7 Å². The molecule has 0 bridgehead atoms. The molecule has 3 nitrogen and oxygen atoms in total. The van der Waals surface area contributed by atoms with E-state index in [1.165, 1.54) is 43.0 Å². The summed E-state index contributed by atoms with van der Waals surface area (Å²) in [5.41, 5.74) is 2.61. The lowest BCUT2D eigenvalue weighted by Crippen LogP contribution is -2.46. The summed E-state index contributed by atoms with van der Waals surface area (Å²) in [6.07, 6.45) is 2.61. The zero-order valence-corrected chi connectivity index (χ0v) is 13.4. The van der Waals surface area contributed by atoms with Crippen LogP contribution in [0.5, 0.6) is 0 Å². The average molecular weight is 284 g/mol. The molecule has 0 spiro atoms. The van der Waals surface area contributed by atoms with Gasteiger partial charge in [0.15, 0.2) is 0 Å². The van der Waals surface area contributed by atoms with Gasteiger partial charge in [-0.15, -0.1) is 0 Å². The lowest BCUT2D eigenvalue weighted by atomic mass is 9.99. The van der Waals surface area contributed by atoms with Gasteiger partial charge in [0.2, 0.25) is 0 Å². The maximum atomic E-state index is 2.54. The second-order valence-electron chi connectivity index (χ2n) is 6.16.